The number of benzene rings is 2. The van der Waals surface area contributed by atoms with Crippen LogP contribution in [0.5, 0.6) is 0 Å². The number of aryl methyl sites for hydroxylation is 1. The van der Waals surface area contributed by atoms with Crippen molar-refractivity contribution in [1.29, 1.82) is 0 Å². The van der Waals surface area contributed by atoms with Crippen LogP contribution in [0, 0.1) is 12.8 Å². The molecule has 1 saturated heterocycles. The molecule has 150 valence electrons. The van der Waals surface area contributed by atoms with Crippen molar-refractivity contribution in [3.63, 3.8) is 0 Å². The highest BCUT2D eigenvalue weighted by Crippen LogP contribution is 2.26. The standard InChI is InChI=1S/C22H21NO6/c1-14-3-5-15(6-4-14)19(24)13-29-22(27)17-11-20(25)23(12-17)18-9-7-16(8-10-18)21(26)28-2/h3-10,17H,11-13H2,1-2H3/t17-/m1/s1. The summed E-state index contributed by atoms with van der Waals surface area (Å²) in [6, 6.07) is 13.4. The Balaban J connectivity index is 1.57. The van der Waals surface area contributed by atoms with E-state index in [1.165, 1.54) is 12.0 Å². The summed E-state index contributed by atoms with van der Waals surface area (Å²) >= 11 is 0. The minimum atomic E-state index is -0.645. The topological polar surface area (TPSA) is 90.0 Å². The first kappa shape index (κ1) is 20.3. The molecule has 2 aromatic rings. The summed E-state index contributed by atoms with van der Waals surface area (Å²) in [7, 11) is 1.29. The fourth-order valence-electron chi connectivity index (χ4n) is 3.09. The van der Waals surface area contributed by atoms with E-state index in [-0.39, 0.29) is 31.3 Å². The number of methoxy groups -OCH3 is 1. The van der Waals surface area contributed by atoms with Gasteiger partial charge in [-0.2, -0.15) is 0 Å². The van der Waals surface area contributed by atoms with E-state index in [1.54, 1.807) is 36.4 Å². The van der Waals surface area contributed by atoms with Crippen molar-refractivity contribution < 1.29 is 28.7 Å². The quantitative estimate of drug-likeness (QED) is 0.552. The summed E-state index contributed by atoms with van der Waals surface area (Å²) in [5, 5.41) is 0. The largest absolute Gasteiger partial charge is 0.465 e. The number of nitrogens with zero attached hydrogens (tertiary/aromatic N) is 1. The van der Waals surface area contributed by atoms with Gasteiger partial charge in [-0.1, -0.05) is 29.8 Å². The molecule has 0 aliphatic carbocycles. The summed E-state index contributed by atoms with van der Waals surface area (Å²) in [4.78, 5) is 49.8. The zero-order valence-electron chi connectivity index (χ0n) is 16.2. The number of hydrogen-bond acceptors (Lipinski definition) is 6. The maximum Gasteiger partial charge on any atom is 0.337 e. The van der Waals surface area contributed by atoms with Crippen LogP contribution >= 0.6 is 0 Å². The van der Waals surface area contributed by atoms with Crippen LogP contribution in [-0.2, 0) is 19.1 Å². The smallest absolute Gasteiger partial charge is 0.337 e. The third-order valence-corrected chi connectivity index (χ3v) is 4.78. The number of esters is 2. The van der Waals surface area contributed by atoms with Crippen LogP contribution in [0.1, 0.15) is 32.7 Å². The van der Waals surface area contributed by atoms with Gasteiger partial charge < -0.3 is 14.4 Å². The molecule has 1 aliphatic rings. The maximum atomic E-state index is 12.3. The van der Waals surface area contributed by atoms with Crippen molar-refractivity contribution in [2.24, 2.45) is 5.92 Å². The molecule has 0 bridgehead atoms. The lowest BCUT2D eigenvalue weighted by atomic mass is 10.1. The molecule has 1 aliphatic heterocycles. The molecule has 1 fully saturated rings. The molecule has 3 rings (SSSR count). The van der Waals surface area contributed by atoms with E-state index in [9.17, 15) is 19.2 Å². The number of ether oxygens (including phenoxy) is 2. The van der Waals surface area contributed by atoms with Crippen molar-refractivity contribution in [3.05, 3.63) is 65.2 Å². The van der Waals surface area contributed by atoms with Crippen molar-refractivity contribution in [3.8, 4) is 0 Å². The molecule has 0 N–H and O–H groups in total. The second kappa shape index (κ2) is 8.68. The van der Waals surface area contributed by atoms with Crippen LogP contribution in [0.2, 0.25) is 0 Å². The molecule has 0 radical (unpaired) electrons. The van der Waals surface area contributed by atoms with Gasteiger partial charge in [0.25, 0.3) is 0 Å². The third kappa shape index (κ3) is 4.68. The summed E-state index contributed by atoms with van der Waals surface area (Å²) in [5.74, 6) is -2.20. The predicted octanol–water partition coefficient (Wildman–Crippen LogP) is 2.56. The van der Waals surface area contributed by atoms with E-state index in [0.717, 1.165) is 5.56 Å². The second-order valence-corrected chi connectivity index (χ2v) is 6.84. The van der Waals surface area contributed by atoms with E-state index in [4.69, 9.17) is 4.74 Å². The van der Waals surface area contributed by atoms with Gasteiger partial charge in [0.1, 0.15) is 0 Å². The van der Waals surface area contributed by atoms with Crippen molar-refractivity contribution in [2.45, 2.75) is 13.3 Å². The van der Waals surface area contributed by atoms with E-state index in [0.29, 0.717) is 16.8 Å². The number of rotatable bonds is 6. The molecule has 2 aromatic carbocycles. The SMILES string of the molecule is COC(=O)c1ccc(N2C[C@H](C(=O)OCC(=O)c3ccc(C)cc3)CC2=O)cc1. The third-order valence-electron chi connectivity index (χ3n) is 4.78. The fraction of sp³-hybridized carbons (Fsp3) is 0.273. The number of carbonyl (C=O) groups excluding carboxylic acids is 4. The molecule has 1 atom stereocenters. The van der Waals surface area contributed by atoms with Gasteiger partial charge in [0.2, 0.25) is 5.91 Å². The molecule has 0 saturated carbocycles. The molecule has 0 spiro atoms. The Morgan fingerprint density at radius 2 is 1.62 bits per heavy atom. The van der Waals surface area contributed by atoms with E-state index >= 15 is 0 Å². The number of ketones is 1. The Labute approximate surface area is 168 Å². The first-order valence-corrected chi connectivity index (χ1v) is 9.14. The summed E-state index contributed by atoms with van der Waals surface area (Å²) in [6.45, 7) is 1.72. The summed E-state index contributed by atoms with van der Waals surface area (Å²) in [6.07, 6.45) is 0.0102. The summed E-state index contributed by atoms with van der Waals surface area (Å²) in [5.41, 5.74) is 2.45. The van der Waals surface area contributed by atoms with Gasteiger partial charge in [0, 0.05) is 24.2 Å². The average Bonchev–Trinajstić information content (AvgIpc) is 3.13. The first-order chi connectivity index (χ1) is 13.9. The van der Waals surface area contributed by atoms with Crippen LogP contribution < -0.4 is 4.90 Å². The van der Waals surface area contributed by atoms with Crippen molar-refractivity contribution >= 4 is 29.3 Å². The van der Waals surface area contributed by atoms with Gasteiger partial charge in [-0.15, -0.1) is 0 Å². The monoisotopic (exact) mass is 395 g/mol. The lowest BCUT2D eigenvalue weighted by molar-refractivity contribution is -0.147. The number of anilines is 1. The molecule has 1 heterocycles. The van der Waals surface area contributed by atoms with Gasteiger partial charge in [0.05, 0.1) is 18.6 Å². The number of carbonyl (C=O) groups is 4. The molecule has 0 unspecified atom stereocenters. The Morgan fingerprint density at radius 1 is 1.00 bits per heavy atom. The van der Waals surface area contributed by atoms with E-state index < -0.39 is 17.9 Å². The lowest BCUT2D eigenvalue weighted by Crippen LogP contribution is -2.27. The average molecular weight is 395 g/mol. The van der Waals surface area contributed by atoms with Crippen molar-refractivity contribution in [2.75, 3.05) is 25.2 Å². The maximum absolute atomic E-state index is 12.3. The second-order valence-electron chi connectivity index (χ2n) is 6.84. The van der Waals surface area contributed by atoms with Gasteiger partial charge in [0.15, 0.2) is 12.4 Å². The zero-order valence-corrected chi connectivity index (χ0v) is 16.2. The van der Waals surface area contributed by atoms with Gasteiger partial charge in [-0.25, -0.2) is 4.79 Å². The Morgan fingerprint density at radius 3 is 2.24 bits per heavy atom. The van der Waals surface area contributed by atoms with Crippen LogP contribution in [-0.4, -0.2) is 43.9 Å². The highest BCUT2D eigenvalue weighted by Gasteiger charge is 2.36. The van der Waals surface area contributed by atoms with Gasteiger partial charge in [-0.05, 0) is 31.2 Å². The minimum absolute atomic E-state index is 0.0102. The molecular formula is C22H21NO6. The van der Waals surface area contributed by atoms with Crippen LogP contribution in [0.4, 0.5) is 5.69 Å². The highest BCUT2D eigenvalue weighted by molar-refractivity contribution is 6.01. The molecule has 0 aromatic heterocycles. The summed E-state index contributed by atoms with van der Waals surface area (Å²) < 4.78 is 9.79. The Hall–Kier alpha value is -3.48. The van der Waals surface area contributed by atoms with E-state index in [2.05, 4.69) is 4.74 Å². The minimum Gasteiger partial charge on any atom is -0.465 e. The van der Waals surface area contributed by atoms with Gasteiger partial charge in [-0.3, -0.25) is 14.4 Å². The number of amides is 1. The van der Waals surface area contributed by atoms with Crippen molar-refractivity contribution in [1.82, 2.24) is 0 Å². The Bertz CT molecular complexity index is 933. The molecule has 7 heteroatoms. The highest BCUT2D eigenvalue weighted by atomic mass is 16.5. The fourth-order valence-corrected chi connectivity index (χ4v) is 3.09. The zero-order chi connectivity index (χ0) is 21.0. The molecule has 1 amide bonds. The Kier molecular flexibility index (Phi) is 6.07. The first-order valence-electron chi connectivity index (χ1n) is 9.14. The molecule has 29 heavy (non-hydrogen) atoms. The lowest BCUT2D eigenvalue weighted by Gasteiger charge is -2.16. The van der Waals surface area contributed by atoms with Crippen LogP contribution in [0.3, 0.4) is 0 Å². The molecular weight excluding hydrogens is 374 g/mol. The van der Waals surface area contributed by atoms with Crippen LogP contribution in [0.25, 0.3) is 0 Å². The van der Waals surface area contributed by atoms with Gasteiger partial charge >= 0.3 is 11.9 Å². The molecule has 7 nitrogen and oxygen atoms in total. The predicted molar refractivity (Wildman–Crippen MR) is 105 cm³/mol. The number of hydrogen-bond donors (Lipinski definition) is 0. The van der Waals surface area contributed by atoms with E-state index in [1.807, 2.05) is 19.1 Å². The number of Topliss-reactive ketones (excluding diaryl/α,β-unsaturated/α-hetero) is 1. The normalized spacial score (nSPS) is 15.9. The van der Waals surface area contributed by atoms with Crippen LogP contribution in [0.15, 0.2) is 48.5 Å².